The predicted molar refractivity (Wildman–Crippen MR) is 125 cm³/mol. The quantitative estimate of drug-likeness (QED) is 0.412. The van der Waals surface area contributed by atoms with Crippen molar-refractivity contribution in [1.82, 2.24) is 10.2 Å². The molecular weight excluding hydrogens is 520 g/mol. The van der Waals surface area contributed by atoms with E-state index < -0.39 is 6.41 Å². The zero-order chi connectivity index (χ0) is 20.5. The van der Waals surface area contributed by atoms with Crippen LogP contribution in [0.5, 0.6) is 0 Å². The molecule has 0 spiro atoms. The van der Waals surface area contributed by atoms with Crippen LogP contribution < -0.4 is 5.32 Å². The number of allylic oxidation sites excluding steroid dienone is 1. The Morgan fingerprint density at radius 2 is 2.07 bits per heavy atom. The molecule has 1 fully saturated rings. The van der Waals surface area contributed by atoms with Crippen molar-refractivity contribution in [2.24, 2.45) is 5.92 Å². The Hall–Kier alpha value is -0.370. The minimum Gasteiger partial charge on any atom is -0.383 e. The number of nitrogens with one attached hydrogen (secondary N) is 1. The monoisotopic (exact) mass is 544 g/mol. The van der Waals surface area contributed by atoms with Crippen molar-refractivity contribution in [3.63, 3.8) is 0 Å². The van der Waals surface area contributed by atoms with Crippen LogP contribution in [-0.2, 0) is 11.2 Å². The summed E-state index contributed by atoms with van der Waals surface area (Å²) in [4.78, 5) is 2.32. The molecule has 0 aromatic heterocycles. The third-order valence-electron chi connectivity index (χ3n) is 6.29. The van der Waals surface area contributed by atoms with Gasteiger partial charge in [-0.25, -0.2) is 0 Å². The van der Waals surface area contributed by atoms with Crippen LogP contribution in [0.1, 0.15) is 37.3 Å². The summed E-state index contributed by atoms with van der Waals surface area (Å²) in [5.41, 5.74) is 5.56. The molecule has 0 radical (unpaired) electrons. The van der Waals surface area contributed by atoms with Gasteiger partial charge in [-0.2, -0.15) is 0 Å². The van der Waals surface area contributed by atoms with E-state index in [9.17, 15) is 5.11 Å². The van der Waals surface area contributed by atoms with Gasteiger partial charge in [-0.05, 0) is 61.4 Å². The number of rotatable bonds is 3. The largest absolute Gasteiger partial charge is 0.383 e. The molecule has 1 aromatic carbocycles. The molecule has 0 amide bonds. The lowest BCUT2D eigenvalue weighted by molar-refractivity contribution is -0.192. The first-order valence-corrected chi connectivity index (χ1v) is 12.4. The molecule has 29 heavy (non-hydrogen) atoms. The number of ether oxygens (including phenoxy) is 1. The van der Waals surface area contributed by atoms with Crippen molar-refractivity contribution >= 4 is 49.0 Å². The summed E-state index contributed by atoms with van der Waals surface area (Å²) >= 11 is 14.0. The normalized spacial score (nSPS) is 28.7. The second-order valence-electron chi connectivity index (χ2n) is 7.91. The molecule has 3 aliphatic rings. The summed E-state index contributed by atoms with van der Waals surface area (Å²) in [7, 11) is 0. The van der Waals surface area contributed by atoms with Crippen LogP contribution in [0, 0.1) is 5.92 Å². The first-order chi connectivity index (χ1) is 14.0. The van der Waals surface area contributed by atoms with Crippen molar-refractivity contribution in [3.8, 4) is 0 Å². The van der Waals surface area contributed by atoms with E-state index in [4.69, 9.17) is 16.3 Å². The molecule has 2 N–H and O–H groups in total. The third-order valence-corrected chi connectivity index (χ3v) is 9.04. The number of piperidine rings is 1. The van der Waals surface area contributed by atoms with Gasteiger partial charge in [0.1, 0.15) is 0 Å². The highest BCUT2D eigenvalue weighted by molar-refractivity contribution is 9.14. The van der Waals surface area contributed by atoms with Crippen molar-refractivity contribution in [2.75, 3.05) is 19.7 Å². The number of hydrogen-bond donors (Lipinski definition) is 2. The highest BCUT2D eigenvalue weighted by Gasteiger charge is 2.39. The van der Waals surface area contributed by atoms with Crippen molar-refractivity contribution in [1.29, 1.82) is 0 Å². The number of aryl methyl sites for hydroxylation is 1. The fourth-order valence-electron chi connectivity index (χ4n) is 4.83. The lowest BCUT2D eigenvalue weighted by Gasteiger charge is -2.38. The molecule has 0 bridgehead atoms. The first-order valence-electron chi connectivity index (χ1n) is 10.3. The van der Waals surface area contributed by atoms with E-state index in [1.165, 1.54) is 26.8 Å². The van der Waals surface area contributed by atoms with Gasteiger partial charge in [0, 0.05) is 41.3 Å². The van der Waals surface area contributed by atoms with Gasteiger partial charge in [-0.1, -0.05) is 55.1 Å². The second kappa shape index (κ2) is 9.41. The molecule has 158 valence electrons. The lowest BCUT2D eigenvalue weighted by Crippen LogP contribution is -2.44. The number of nitrogens with zero attached hydrogens (tertiary/aromatic N) is 1. The minimum atomic E-state index is -0.807. The van der Waals surface area contributed by atoms with Crippen LogP contribution in [-0.4, -0.2) is 47.0 Å². The molecule has 1 aliphatic carbocycles. The number of fused-ring (bicyclic) bond motifs is 2. The van der Waals surface area contributed by atoms with E-state index in [1.807, 2.05) is 17.9 Å². The molecule has 1 saturated heterocycles. The van der Waals surface area contributed by atoms with E-state index in [1.54, 1.807) is 0 Å². The van der Waals surface area contributed by atoms with Gasteiger partial charge in [-0.3, -0.25) is 4.90 Å². The van der Waals surface area contributed by atoms with Crippen molar-refractivity contribution in [3.05, 3.63) is 50.6 Å². The molecule has 4 nitrogen and oxygen atoms in total. The Kier molecular flexibility index (Phi) is 7.09. The smallest absolute Gasteiger partial charge is 0.216 e. The van der Waals surface area contributed by atoms with Gasteiger partial charge in [0.2, 0.25) is 6.41 Å². The Morgan fingerprint density at radius 1 is 1.31 bits per heavy atom. The fourth-order valence-corrected chi connectivity index (χ4v) is 6.20. The maximum absolute atomic E-state index is 10.2. The third kappa shape index (κ3) is 4.48. The van der Waals surface area contributed by atoms with Gasteiger partial charge in [0.05, 0.1) is 10.9 Å². The van der Waals surface area contributed by atoms with Crippen LogP contribution >= 0.6 is 43.5 Å². The number of aliphatic hydroxyl groups is 1. The number of likely N-dealkylation sites (tertiary alicyclic amines) is 1. The van der Waals surface area contributed by atoms with E-state index in [2.05, 4.69) is 55.5 Å². The minimum absolute atomic E-state index is 0.265. The maximum Gasteiger partial charge on any atom is 0.216 e. The second-order valence-corrected chi connectivity index (χ2v) is 10.3. The zero-order valence-corrected chi connectivity index (χ0v) is 20.4. The highest BCUT2D eigenvalue weighted by atomic mass is 79.9. The number of aliphatic hydroxyl groups excluding tert-OH is 1. The van der Waals surface area contributed by atoms with Gasteiger partial charge in [0.25, 0.3) is 0 Å². The van der Waals surface area contributed by atoms with Crippen LogP contribution in [0.2, 0.25) is 5.02 Å². The lowest BCUT2D eigenvalue weighted by atomic mass is 9.81. The molecule has 7 heteroatoms. The molecular formula is C22H27Br2ClN2O2. The van der Waals surface area contributed by atoms with E-state index in [0.29, 0.717) is 17.4 Å². The number of hydrogen-bond acceptors (Lipinski definition) is 4. The van der Waals surface area contributed by atoms with Crippen LogP contribution in [0.25, 0.3) is 5.57 Å². The number of benzene rings is 1. The van der Waals surface area contributed by atoms with E-state index >= 15 is 0 Å². The summed E-state index contributed by atoms with van der Waals surface area (Å²) < 4.78 is 6.55. The van der Waals surface area contributed by atoms with Gasteiger partial charge >= 0.3 is 0 Å². The summed E-state index contributed by atoms with van der Waals surface area (Å²) in [5, 5.41) is 14.7. The highest BCUT2D eigenvalue weighted by Crippen LogP contribution is 2.44. The molecule has 0 saturated carbocycles. The van der Waals surface area contributed by atoms with Crippen LogP contribution in [0.4, 0.5) is 0 Å². The average molecular weight is 547 g/mol. The fraction of sp³-hybridized carbons (Fsp3) is 0.545. The molecule has 2 aliphatic heterocycles. The Morgan fingerprint density at radius 3 is 2.79 bits per heavy atom. The summed E-state index contributed by atoms with van der Waals surface area (Å²) in [6.07, 6.45) is 5.27. The van der Waals surface area contributed by atoms with Crippen LogP contribution in [0.3, 0.4) is 0 Å². The first kappa shape index (κ1) is 21.8. The van der Waals surface area contributed by atoms with Gasteiger partial charge in [0.15, 0.2) is 0 Å². The van der Waals surface area contributed by atoms with Gasteiger partial charge in [-0.15, -0.1) is 0 Å². The number of halogens is 3. The molecule has 2 heterocycles. The topological polar surface area (TPSA) is 44.7 Å². The zero-order valence-electron chi connectivity index (χ0n) is 16.5. The Balaban J connectivity index is 1.71. The van der Waals surface area contributed by atoms with Crippen molar-refractivity contribution < 1.29 is 9.84 Å². The van der Waals surface area contributed by atoms with Gasteiger partial charge < -0.3 is 15.2 Å². The summed E-state index contributed by atoms with van der Waals surface area (Å²) in [6, 6.07) is 6.60. The van der Waals surface area contributed by atoms with Crippen molar-refractivity contribution in [2.45, 2.75) is 49.9 Å². The molecule has 3 unspecified atom stereocenters. The maximum atomic E-state index is 10.2. The number of alkyl halides is 1. The molecule has 1 aromatic rings. The molecule has 4 rings (SSSR count). The Labute approximate surface area is 194 Å². The summed E-state index contributed by atoms with van der Waals surface area (Å²) in [6.45, 7) is 4.03. The summed E-state index contributed by atoms with van der Waals surface area (Å²) in [5.74, 6) is 0.454. The molecule has 4 atom stereocenters. The predicted octanol–water partition coefficient (Wildman–Crippen LogP) is 5.04. The standard InChI is InChI=1S/C22H27Br2ClN2O2/c1-2-29-22(28)27-9-7-13(8-10-27)19-16-6-4-15(25)11-14(16)3-5-17-20(24)18(23)12-26-21(17)19/h4,6,11-12,17,20-22,26,28H,2-3,5,7-10H2,1H3/t17?,20?,21?,22-/m1/s1. The SMILES string of the molecule is CCO[C@@H](O)N1CCC(=C2c3ccc(Cl)cc3CCC3C(Br)C(Br)=CNC23)CC1. The van der Waals surface area contributed by atoms with Crippen LogP contribution in [0.15, 0.2) is 34.5 Å². The van der Waals surface area contributed by atoms with E-state index in [0.717, 1.165) is 43.8 Å². The average Bonchev–Trinajstić information content (AvgIpc) is 2.88. The van der Waals surface area contributed by atoms with E-state index in [-0.39, 0.29) is 6.04 Å². The Bertz CT molecular complexity index is 819.